The molecule has 166 valence electrons. The van der Waals surface area contributed by atoms with Crippen molar-refractivity contribution in [1.82, 2.24) is 5.32 Å². The van der Waals surface area contributed by atoms with E-state index >= 15 is 0 Å². The van der Waals surface area contributed by atoms with Crippen LogP contribution >= 0.6 is 0 Å². The van der Waals surface area contributed by atoms with E-state index in [1.807, 2.05) is 30.3 Å². The number of ether oxygens (including phenoxy) is 1. The number of carboxylic acids is 1. The second-order valence-corrected chi connectivity index (χ2v) is 7.07. The monoisotopic (exact) mass is 443 g/mol. The number of rotatable bonds is 8. The van der Waals surface area contributed by atoms with Gasteiger partial charge in [0.15, 0.2) is 0 Å². The number of nitrogens with one attached hydrogen (secondary N) is 1. The molecule has 1 atom stereocenters. The largest absolute Gasteiger partial charge is 0.489 e. The van der Waals surface area contributed by atoms with Gasteiger partial charge in [0.05, 0.1) is 5.56 Å². The Balaban J connectivity index is 1.65. The van der Waals surface area contributed by atoms with E-state index in [9.17, 15) is 27.9 Å². The van der Waals surface area contributed by atoms with Crippen LogP contribution in [0.1, 0.15) is 27.0 Å². The first-order valence-electron chi connectivity index (χ1n) is 9.69. The van der Waals surface area contributed by atoms with Crippen LogP contribution in [0.25, 0.3) is 0 Å². The number of hydrogen-bond donors (Lipinski definition) is 2. The lowest BCUT2D eigenvalue weighted by atomic mass is 10.0. The number of carbonyl (C=O) groups is 2. The predicted molar refractivity (Wildman–Crippen MR) is 111 cm³/mol. The molecule has 3 rings (SSSR count). The van der Waals surface area contributed by atoms with Gasteiger partial charge in [0.1, 0.15) is 18.4 Å². The summed E-state index contributed by atoms with van der Waals surface area (Å²) in [5, 5.41) is 11.9. The van der Waals surface area contributed by atoms with Crippen LogP contribution in [0.4, 0.5) is 13.2 Å². The molecule has 0 aromatic heterocycles. The standard InChI is InChI=1S/C24H20F3NO4/c25-24(26,27)19-11-9-18(10-12-19)22(29)28-21(23(30)31)14-17-7-4-8-20(13-17)32-15-16-5-2-1-3-6-16/h1-13,21H,14-15H2,(H,28,29)(H,30,31)/t21-/m1/s1. The molecule has 0 unspecified atom stereocenters. The molecule has 0 fully saturated rings. The molecule has 0 aliphatic heterocycles. The third-order valence-electron chi connectivity index (χ3n) is 4.66. The van der Waals surface area contributed by atoms with Gasteiger partial charge in [0.25, 0.3) is 5.91 Å². The van der Waals surface area contributed by atoms with Crippen LogP contribution in [0.3, 0.4) is 0 Å². The van der Waals surface area contributed by atoms with Crippen molar-refractivity contribution in [3.05, 3.63) is 101 Å². The first-order valence-corrected chi connectivity index (χ1v) is 9.69. The summed E-state index contributed by atoms with van der Waals surface area (Å²) in [5.41, 5.74) is 0.640. The van der Waals surface area contributed by atoms with Crippen molar-refractivity contribution >= 4 is 11.9 Å². The van der Waals surface area contributed by atoms with Crippen molar-refractivity contribution in [2.75, 3.05) is 0 Å². The van der Waals surface area contributed by atoms with Crippen LogP contribution < -0.4 is 10.1 Å². The number of amides is 1. The van der Waals surface area contributed by atoms with E-state index in [2.05, 4.69) is 5.32 Å². The smallest absolute Gasteiger partial charge is 0.416 e. The van der Waals surface area contributed by atoms with Gasteiger partial charge in [-0.3, -0.25) is 4.79 Å². The van der Waals surface area contributed by atoms with Gasteiger partial charge in [0.2, 0.25) is 0 Å². The fourth-order valence-electron chi connectivity index (χ4n) is 2.99. The highest BCUT2D eigenvalue weighted by molar-refractivity contribution is 5.96. The molecule has 0 radical (unpaired) electrons. The van der Waals surface area contributed by atoms with Crippen molar-refractivity contribution in [3.8, 4) is 5.75 Å². The van der Waals surface area contributed by atoms with Gasteiger partial charge in [-0.1, -0.05) is 42.5 Å². The number of alkyl halides is 3. The maximum atomic E-state index is 12.7. The quantitative estimate of drug-likeness (QED) is 0.529. The minimum Gasteiger partial charge on any atom is -0.489 e. The van der Waals surface area contributed by atoms with E-state index in [-0.39, 0.29) is 12.0 Å². The van der Waals surface area contributed by atoms with Crippen molar-refractivity contribution in [2.24, 2.45) is 0 Å². The molecule has 0 heterocycles. The number of benzene rings is 3. The highest BCUT2D eigenvalue weighted by Crippen LogP contribution is 2.29. The van der Waals surface area contributed by atoms with Gasteiger partial charge in [-0.15, -0.1) is 0 Å². The highest BCUT2D eigenvalue weighted by Gasteiger charge is 2.30. The Morgan fingerprint density at radius 3 is 2.19 bits per heavy atom. The molecule has 3 aromatic rings. The summed E-state index contributed by atoms with van der Waals surface area (Å²) in [4.78, 5) is 24.0. The van der Waals surface area contributed by atoms with Crippen molar-refractivity contribution in [3.63, 3.8) is 0 Å². The first kappa shape index (κ1) is 22.9. The molecule has 0 aliphatic rings. The number of hydrogen-bond acceptors (Lipinski definition) is 3. The van der Waals surface area contributed by atoms with Crippen LogP contribution in [-0.2, 0) is 24.0 Å². The molecule has 8 heteroatoms. The van der Waals surface area contributed by atoms with Gasteiger partial charge in [-0.25, -0.2) is 4.79 Å². The Hall–Kier alpha value is -3.81. The number of aliphatic carboxylic acids is 1. The van der Waals surface area contributed by atoms with Gasteiger partial charge >= 0.3 is 12.1 Å². The zero-order valence-corrected chi connectivity index (χ0v) is 16.8. The molecule has 2 N–H and O–H groups in total. The van der Waals surface area contributed by atoms with Crippen LogP contribution in [0.15, 0.2) is 78.9 Å². The summed E-state index contributed by atoms with van der Waals surface area (Å²) in [7, 11) is 0. The molecule has 5 nitrogen and oxygen atoms in total. The van der Waals surface area contributed by atoms with Crippen LogP contribution in [0.2, 0.25) is 0 Å². The molecule has 32 heavy (non-hydrogen) atoms. The van der Waals surface area contributed by atoms with E-state index in [0.717, 1.165) is 29.8 Å². The molecule has 0 aliphatic carbocycles. The average molecular weight is 443 g/mol. The average Bonchev–Trinajstić information content (AvgIpc) is 2.77. The first-order chi connectivity index (χ1) is 15.2. The fraction of sp³-hybridized carbons (Fsp3) is 0.167. The van der Waals surface area contributed by atoms with Gasteiger partial charge in [-0.05, 0) is 47.5 Å². The number of halogens is 3. The maximum Gasteiger partial charge on any atom is 0.416 e. The third kappa shape index (κ3) is 6.34. The number of carbonyl (C=O) groups excluding carboxylic acids is 1. The second kappa shape index (κ2) is 10.00. The van der Waals surface area contributed by atoms with E-state index in [0.29, 0.717) is 17.9 Å². The van der Waals surface area contributed by atoms with E-state index in [1.165, 1.54) is 0 Å². The summed E-state index contributed by atoms with van der Waals surface area (Å²) >= 11 is 0. The molecular formula is C24H20F3NO4. The van der Waals surface area contributed by atoms with Crippen molar-refractivity contribution < 1.29 is 32.6 Å². The SMILES string of the molecule is O=C(N[C@H](Cc1cccc(OCc2ccccc2)c1)C(=O)O)c1ccc(C(F)(F)F)cc1. The zero-order chi connectivity index (χ0) is 23.1. The van der Waals surface area contributed by atoms with E-state index in [4.69, 9.17) is 4.74 Å². The summed E-state index contributed by atoms with van der Waals surface area (Å²) < 4.78 is 43.8. The molecule has 3 aromatic carbocycles. The van der Waals surface area contributed by atoms with Gasteiger partial charge in [-0.2, -0.15) is 13.2 Å². The summed E-state index contributed by atoms with van der Waals surface area (Å²) in [6.07, 6.45) is -4.55. The Morgan fingerprint density at radius 1 is 0.906 bits per heavy atom. The lowest BCUT2D eigenvalue weighted by Gasteiger charge is -2.16. The second-order valence-electron chi connectivity index (χ2n) is 7.07. The summed E-state index contributed by atoms with van der Waals surface area (Å²) in [6.45, 7) is 0.345. The van der Waals surface area contributed by atoms with Crippen molar-refractivity contribution in [1.29, 1.82) is 0 Å². The Labute approximate surface area is 182 Å². The Bertz CT molecular complexity index is 1070. The maximum absolute atomic E-state index is 12.7. The normalized spacial score (nSPS) is 12.1. The fourth-order valence-corrected chi connectivity index (χ4v) is 2.99. The highest BCUT2D eigenvalue weighted by atomic mass is 19.4. The minimum absolute atomic E-state index is 0.0236. The number of carboxylic acid groups (broad SMARTS) is 1. The molecule has 0 bridgehead atoms. The van der Waals surface area contributed by atoms with Gasteiger partial charge < -0.3 is 15.2 Å². The van der Waals surface area contributed by atoms with Crippen LogP contribution in [0.5, 0.6) is 5.75 Å². The van der Waals surface area contributed by atoms with Crippen molar-refractivity contribution in [2.45, 2.75) is 25.2 Å². The Kier molecular flexibility index (Phi) is 7.14. The predicted octanol–water partition coefficient (Wildman–Crippen LogP) is 4.71. The lowest BCUT2D eigenvalue weighted by Crippen LogP contribution is -2.42. The third-order valence-corrected chi connectivity index (χ3v) is 4.66. The topological polar surface area (TPSA) is 75.6 Å². The van der Waals surface area contributed by atoms with E-state index in [1.54, 1.807) is 24.3 Å². The minimum atomic E-state index is -4.52. The van der Waals surface area contributed by atoms with Gasteiger partial charge in [0, 0.05) is 12.0 Å². The summed E-state index contributed by atoms with van der Waals surface area (Å²) in [6, 6.07) is 18.7. The zero-order valence-electron chi connectivity index (χ0n) is 16.8. The van der Waals surface area contributed by atoms with E-state index < -0.39 is 29.7 Å². The molecule has 0 saturated carbocycles. The molecular weight excluding hydrogens is 423 g/mol. The lowest BCUT2D eigenvalue weighted by molar-refractivity contribution is -0.139. The summed E-state index contributed by atoms with van der Waals surface area (Å²) in [5.74, 6) is -1.49. The Morgan fingerprint density at radius 2 is 1.56 bits per heavy atom. The molecule has 0 saturated heterocycles. The molecule has 1 amide bonds. The van der Waals surface area contributed by atoms with Crippen LogP contribution in [-0.4, -0.2) is 23.0 Å². The van der Waals surface area contributed by atoms with Crippen LogP contribution in [0, 0.1) is 0 Å². The molecule has 0 spiro atoms.